The molecule has 0 N–H and O–H groups in total. The van der Waals surface area contributed by atoms with Gasteiger partial charge in [-0.15, -0.1) is 0 Å². The number of rotatable bonds is 6. The molecule has 2 aromatic rings. The van der Waals surface area contributed by atoms with Gasteiger partial charge in [-0.05, 0) is 48.2 Å². The van der Waals surface area contributed by atoms with Crippen LogP contribution in [0.5, 0.6) is 17.2 Å². The van der Waals surface area contributed by atoms with E-state index in [-0.39, 0.29) is 0 Å². The molecule has 20 heavy (non-hydrogen) atoms. The molecule has 0 aliphatic rings. The van der Waals surface area contributed by atoms with Gasteiger partial charge in [-0.2, -0.15) is 0 Å². The summed E-state index contributed by atoms with van der Waals surface area (Å²) in [6, 6.07) is 14.2. The van der Waals surface area contributed by atoms with Gasteiger partial charge in [-0.3, -0.25) is 0 Å². The van der Waals surface area contributed by atoms with Crippen molar-refractivity contribution in [1.29, 1.82) is 0 Å². The molecular formula is C17H20O3. The molecule has 3 nitrogen and oxygen atoms in total. The minimum Gasteiger partial charge on any atom is -0.497 e. The predicted octanol–water partition coefficient (Wildman–Crippen LogP) is 3.50. The van der Waals surface area contributed by atoms with Crippen molar-refractivity contribution in [3.8, 4) is 17.2 Å². The average Bonchev–Trinajstić information content (AvgIpc) is 2.52. The van der Waals surface area contributed by atoms with E-state index in [1.165, 1.54) is 11.1 Å². The Bertz CT molecular complexity index is 564. The van der Waals surface area contributed by atoms with Crippen LogP contribution in [0.25, 0.3) is 0 Å². The second-order valence-electron chi connectivity index (χ2n) is 4.54. The van der Waals surface area contributed by atoms with Crippen LogP contribution in [0.4, 0.5) is 0 Å². The summed E-state index contributed by atoms with van der Waals surface area (Å²) in [4.78, 5) is 0. The molecular weight excluding hydrogens is 252 g/mol. The first kappa shape index (κ1) is 14.3. The van der Waals surface area contributed by atoms with Crippen molar-refractivity contribution in [2.75, 3.05) is 21.3 Å². The smallest absolute Gasteiger partial charge is 0.160 e. The molecule has 0 spiro atoms. The van der Waals surface area contributed by atoms with Crippen molar-refractivity contribution in [3.05, 3.63) is 53.6 Å². The molecule has 2 aromatic carbocycles. The van der Waals surface area contributed by atoms with E-state index in [9.17, 15) is 0 Å². The number of benzene rings is 2. The van der Waals surface area contributed by atoms with Crippen molar-refractivity contribution in [2.45, 2.75) is 12.8 Å². The minimum absolute atomic E-state index is 0.762. The lowest BCUT2D eigenvalue weighted by Crippen LogP contribution is -1.95. The van der Waals surface area contributed by atoms with E-state index in [4.69, 9.17) is 14.2 Å². The highest BCUT2D eigenvalue weighted by atomic mass is 16.5. The minimum atomic E-state index is 0.762. The van der Waals surface area contributed by atoms with Crippen LogP contribution in [0.3, 0.4) is 0 Å². The lowest BCUT2D eigenvalue weighted by atomic mass is 10.0. The molecule has 0 aromatic heterocycles. The Morgan fingerprint density at radius 3 is 2.05 bits per heavy atom. The topological polar surface area (TPSA) is 27.7 Å². The van der Waals surface area contributed by atoms with Gasteiger partial charge in [0.05, 0.1) is 21.3 Å². The first-order chi connectivity index (χ1) is 9.76. The van der Waals surface area contributed by atoms with Crippen molar-refractivity contribution in [2.24, 2.45) is 0 Å². The average molecular weight is 272 g/mol. The Morgan fingerprint density at radius 1 is 0.700 bits per heavy atom. The number of hydrogen-bond donors (Lipinski definition) is 0. The largest absolute Gasteiger partial charge is 0.497 e. The first-order valence-electron chi connectivity index (χ1n) is 6.60. The lowest BCUT2D eigenvalue weighted by molar-refractivity contribution is 0.354. The van der Waals surface area contributed by atoms with Gasteiger partial charge in [0.25, 0.3) is 0 Å². The summed E-state index contributed by atoms with van der Waals surface area (Å²) < 4.78 is 15.8. The molecule has 0 unspecified atom stereocenters. The van der Waals surface area contributed by atoms with E-state index in [0.29, 0.717) is 0 Å². The van der Waals surface area contributed by atoms with Crippen LogP contribution < -0.4 is 14.2 Å². The second-order valence-corrected chi connectivity index (χ2v) is 4.54. The highest BCUT2D eigenvalue weighted by molar-refractivity contribution is 5.43. The number of hydrogen-bond acceptors (Lipinski definition) is 3. The van der Waals surface area contributed by atoms with Crippen molar-refractivity contribution < 1.29 is 14.2 Å². The standard InChI is InChI=1S/C17H20O3/c1-18-15-6-4-5-13(11-15)7-8-14-9-10-16(19-2)17(12-14)20-3/h4-6,9-12H,7-8H2,1-3H3. The number of aryl methyl sites for hydroxylation is 2. The number of methoxy groups -OCH3 is 3. The van der Waals surface area contributed by atoms with E-state index in [1.54, 1.807) is 21.3 Å². The highest BCUT2D eigenvalue weighted by Gasteiger charge is 2.05. The molecule has 0 amide bonds. The Labute approximate surface area is 120 Å². The first-order valence-corrected chi connectivity index (χ1v) is 6.60. The highest BCUT2D eigenvalue weighted by Crippen LogP contribution is 2.28. The Kier molecular flexibility index (Phi) is 4.88. The van der Waals surface area contributed by atoms with Crippen LogP contribution in [0.2, 0.25) is 0 Å². The number of ether oxygens (including phenoxy) is 3. The summed E-state index contributed by atoms with van der Waals surface area (Å²) >= 11 is 0. The fourth-order valence-electron chi connectivity index (χ4n) is 2.15. The molecule has 0 radical (unpaired) electrons. The van der Waals surface area contributed by atoms with E-state index >= 15 is 0 Å². The van der Waals surface area contributed by atoms with Gasteiger partial charge in [0.2, 0.25) is 0 Å². The maximum atomic E-state index is 5.32. The van der Waals surface area contributed by atoms with Crippen LogP contribution in [0.15, 0.2) is 42.5 Å². The molecule has 106 valence electrons. The van der Waals surface area contributed by atoms with Crippen molar-refractivity contribution >= 4 is 0 Å². The molecule has 3 heteroatoms. The van der Waals surface area contributed by atoms with Crippen LogP contribution >= 0.6 is 0 Å². The SMILES string of the molecule is COc1cccc(CCc2ccc(OC)c(OC)c2)c1. The fourth-order valence-corrected chi connectivity index (χ4v) is 2.15. The zero-order valence-electron chi connectivity index (χ0n) is 12.2. The third-order valence-corrected chi connectivity index (χ3v) is 3.28. The monoisotopic (exact) mass is 272 g/mol. The van der Waals surface area contributed by atoms with Crippen molar-refractivity contribution in [1.82, 2.24) is 0 Å². The maximum Gasteiger partial charge on any atom is 0.160 e. The fraction of sp³-hybridized carbons (Fsp3) is 0.294. The van der Waals surface area contributed by atoms with Gasteiger partial charge >= 0.3 is 0 Å². The van der Waals surface area contributed by atoms with Gasteiger partial charge in [0.1, 0.15) is 5.75 Å². The van der Waals surface area contributed by atoms with Gasteiger partial charge in [0, 0.05) is 0 Å². The summed E-state index contributed by atoms with van der Waals surface area (Å²) in [5, 5.41) is 0. The van der Waals surface area contributed by atoms with Crippen LogP contribution in [0, 0.1) is 0 Å². The Hall–Kier alpha value is -2.16. The summed E-state index contributed by atoms with van der Waals surface area (Å²) in [5.41, 5.74) is 2.49. The molecule has 0 saturated carbocycles. The Balaban J connectivity index is 2.06. The molecule has 0 bridgehead atoms. The van der Waals surface area contributed by atoms with E-state index < -0.39 is 0 Å². The van der Waals surface area contributed by atoms with E-state index in [2.05, 4.69) is 18.2 Å². The van der Waals surface area contributed by atoms with Gasteiger partial charge in [0.15, 0.2) is 11.5 Å². The molecule has 0 aliphatic carbocycles. The Morgan fingerprint density at radius 2 is 1.40 bits per heavy atom. The van der Waals surface area contributed by atoms with Crippen LogP contribution in [-0.4, -0.2) is 21.3 Å². The molecule has 0 atom stereocenters. The van der Waals surface area contributed by atoms with E-state index in [1.807, 2.05) is 24.3 Å². The van der Waals surface area contributed by atoms with Crippen LogP contribution in [-0.2, 0) is 12.8 Å². The molecule has 0 aliphatic heterocycles. The van der Waals surface area contributed by atoms with Crippen molar-refractivity contribution in [3.63, 3.8) is 0 Å². The van der Waals surface area contributed by atoms with Crippen LogP contribution in [0.1, 0.15) is 11.1 Å². The molecule has 0 heterocycles. The zero-order chi connectivity index (χ0) is 14.4. The third-order valence-electron chi connectivity index (χ3n) is 3.28. The third kappa shape index (κ3) is 3.44. The molecule has 2 rings (SSSR count). The zero-order valence-corrected chi connectivity index (χ0v) is 12.2. The second kappa shape index (κ2) is 6.85. The normalized spacial score (nSPS) is 10.2. The summed E-state index contributed by atoms with van der Waals surface area (Å²) in [5.74, 6) is 2.43. The van der Waals surface area contributed by atoms with E-state index in [0.717, 1.165) is 30.1 Å². The van der Waals surface area contributed by atoms with Gasteiger partial charge < -0.3 is 14.2 Å². The summed E-state index contributed by atoms with van der Waals surface area (Å²) in [6.07, 6.45) is 1.92. The summed E-state index contributed by atoms with van der Waals surface area (Å²) in [6.45, 7) is 0. The van der Waals surface area contributed by atoms with Gasteiger partial charge in [-0.1, -0.05) is 18.2 Å². The predicted molar refractivity (Wildman–Crippen MR) is 79.9 cm³/mol. The molecule has 0 fully saturated rings. The maximum absolute atomic E-state index is 5.32. The summed E-state index contributed by atoms with van der Waals surface area (Å²) in [7, 11) is 4.99. The quantitative estimate of drug-likeness (QED) is 0.805. The van der Waals surface area contributed by atoms with Gasteiger partial charge in [-0.25, -0.2) is 0 Å². The lowest BCUT2D eigenvalue weighted by Gasteiger charge is -2.10. The molecule has 0 saturated heterocycles.